The Morgan fingerprint density at radius 1 is 1.12 bits per heavy atom. The summed E-state index contributed by atoms with van der Waals surface area (Å²) in [5.74, 6) is -0.867. The molecule has 0 aromatic heterocycles. The predicted octanol–water partition coefficient (Wildman–Crippen LogP) is 1.28. The molecule has 0 heterocycles. The summed E-state index contributed by atoms with van der Waals surface area (Å²) in [6, 6.07) is 12.8. The summed E-state index contributed by atoms with van der Waals surface area (Å²) in [5.41, 5.74) is 5.88. The highest BCUT2D eigenvalue weighted by Crippen LogP contribution is 2.19. The molecule has 2 aromatic carbocycles. The molecule has 2 aromatic rings. The minimum Gasteiger partial charge on any atom is -0.484 e. The molecule has 8 nitrogen and oxygen atoms in total. The molecule has 0 spiro atoms. The van der Waals surface area contributed by atoms with E-state index < -0.39 is 21.9 Å². The lowest BCUT2D eigenvalue weighted by Gasteiger charge is -2.11. The van der Waals surface area contributed by atoms with Gasteiger partial charge in [0.05, 0.1) is 17.5 Å². The molecule has 0 saturated heterocycles. The highest BCUT2D eigenvalue weighted by molar-refractivity contribution is 7.92. The smallest absolute Gasteiger partial charge is 0.340 e. The van der Waals surface area contributed by atoms with Crippen LogP contribution in [0.1, 0.15) is 15.9 Å². The second-order valence-corrected chi connectivity index (χ2v) is 7.15. The largest absolute Gasteiger partial charge is 0.484 e. The number of para-hydroxylation sites is 1. The zero-order chi connectivity index (χ0) is 19.2. The molecule has 2 rings (SSSR count). The Bertz CT molecular complexity index is 911. The topological polar surface area (TPSA) is 125 Å². The normalized spacial score (nSPS) is 10.8. The molecule has 0 aliphatic heterocycles. The van der Waals surface area contributed by atoms with Crippen LogP contribution in [0.2, 0.25) is 0 Å². The predicted molar refractivity (Wildman–Crippen MR) is 95.2 cm³/mol. The van der Waals surface area contributed by atoms with E-state index in [1.807, 2.05) is 0 Å². The number of nitrogens with one attached hydrogen (secondary N) is 1. The molecule has 3 N–H and O–H groups in total. The van der Waals surface area contributed by atoms with Gasteiger partial charge in [-0.1, -0.05) is 24.3 Å². The van der Waals surface area contributed by atoms with Gasteiger partial charge in [0.1, 0.15) is 12.4 Å². The first kappa shape index (κ1) is 19.3. The SMILES string of the molecule is CS(=O)(=O)Nc1ccccc1C(=O)OCc1cccc(OCC(N)=O)c1. The number of ether oxygens (including phenoxy) is 2. The molecular formula is C17H18N2O6S. The second kappa shape index (κ2) is 8.34. The third kappa shape index (κ3) is 6.10. The summed E-state index contributed by atoms with van der Waals surface area (Å²) in [4.78, 5) is 23.0. The van der Waals surface area contributed by atoms with Crippen LogP contribution in [0, 0.1) is 0 Å². The molecule has 0 radical (unpaired) electrons. The average molecular weight is 378 g/mol. The number of carbonyl (C=O) groups excluding carboxylic acids is 2. The summed E-state index contributed by atoms with van der Waals surface area (Å²) >= 11 is 0. The number of sulfonamides is 1. The summed E-state index contributed by atoms with van der Waals surface area (Å²) in [5, 5.41) is 0. The van der Waals surface area contributed by atoms with E-state index in [1.165, 1.54) is 12.1 Å². The second-order valence-electron chi connectivity index (χ2n) is 5.40. The van der Waals surface area contributed by atoms with E-state index >= 15 is 0 Å². The minimum atomic E-state index is -3.53. The van der Waals surface area contributed by atoms with Crippen LogP contribution in [-0.2, 0) is 26.2 Å². The minimum absolute atomic E-state index is 0.0557. The third-order valence-electron chi connectivity index (χ3n) is 3.09. The molecule has 0 bridgehead atoms. The number of hydrogen-bond donors (Lipinski definition) is 2. The Morgan fingerprint density at radius 3 is 2.54 bits per heavy atom. The maximum atomic E-state index is 12.3. The molecule has 9 heteroatoms. The fraction of sp³-hybridized carbons (Fsp3) is 0.176. The molecule has 26 heavy (non-hydrogen) atoms. The van der Waals surface area contributed by atoms with Crippen LogP contribution in [0.15, 0.2) is 48.5 Å². The lowest BCUT2D eigenvalue weighted by Crippen LogP contribution is -2.20. The van der Waals surface area contributed by atoms with Crippen LogP contribution in [0.3, 0.4) is 0 Å². The maximum absolute atomic E-state index is 12.3. The summed E-state index contributed by atoms with van der Waals surface area (Å²) in [6.07, 6.45) is 0.993. The van der Waals surface area contributed by atoms with Gasteiger partial charge in [-0.25, -0.2) is 13.2 Å². The van der Waals surface area contributed by atoms with Gasteiger partial charge in [0.25, 0.3) is 5.91 Å². The molecule has 0 fully saturated rings. The van der Waals surface area contributed by atoms with E-state index in [9.17, 15) is 18.0 Å². The number of esters is 1. The lowest BCUT2D eigenvalue weighted by molar-refractivity contribution is -0.119. The number of benzene rings is 2. The molecule has 0 atom stereocenters. The highest BCUT2D eigenvalue weighted by Gasteiger charge is 2.15. The van der Waals surface area contributed by atoms with Gasteiger partial charge in [-0.15, -0.1) is 0 Å². The fourth-order valence-electron chi connectivity index (χ4n) is 2.06. The number of amides is 1. The standard InChI is InChI=1S/C17H18N2O6S/c1-26(22,23)19-15-8-3-2-7-14(15)17(21)25-10-12-5-4-6-13(9-12)24-11-16(18)20/h2-9,19H,10-11H2,1H3,(H2,18,20). The van der Waals surface area contributed by atoms with Crippen LogP contribution in [0.4, 0.5) is 5.69 Å². The van der Waals surface area contributed by atoms with Crippen LogP contribution in [0.5, 0.6) is 5.75 Å². The van der Waals surface area contributed by atoms with Crippen molar-refractivity contribution in [2.45, 2.75) is 6.61 Å². The number of carbonyl (C=O) groups is 2. The van der Waals surface area contributed by atoms with Crippen molar-refractivity contribution in [3.05, 3.63) is 59.7 Å². The van der Waals surface area contributed by atoms with Crippen molar-refractivity contribution < 1.29 is 27.5 Å². The number of primary amides is 1. The van der Waals surface area contributed by atoms with Gasteiger partial charge in [0, 0.05) is 0 Å². The van der Waals surface area contributed by atoms with Crippen LogP contribution in [-0.4, -0.2) is 33.2 Å². The van der Waals surface area contributed by atoms with Crippen molar-refractivity contribution in [3.8, 4) is 5.75 Å². The Labute approximate surface area is 151 Å². The van der Waals surface area contributed by atoms with E-state index in [0.29, 0.717) is 11.3 Å². The molecule has 0 unspecified atom stereocenters. The quantitative estimate of drug-likeness (QED) is 0.667. The van der Waals surface area contributed by atoms with Gasteiger partial charge in [-0.2, -0.15) is 0 Å². The van der Waals surface area contributed by atoms with Crippen LogP contribution in [0.25, 0.3) is 0 Å². The Kier molecular flexibility index (Phi) is 6.18. The Morgan fingerprint density at radius 2 is 1.85 bits per heavy atom. The molecule has 138 valence electrons. The van der Waals surface area contributed by atoms with E-state index in [0.717, 1.165) is 6.26 Å². The van der Waals surface area contributed by atoms with Gasteiger partial charge < -0.3 is 15.2 Å². The fourth-order valence-corrected chi connectivity index (χ4v) is 2.63. The van der Waals surface area contributed by atoms with E-state index in [2.05, 4.69) is 4.72 Å². The number of rotatable bonds is 8. The number of hydrogen-bond acceptors (Lipinski definition) is 6. The lowest BCUT2D eigenvalue weighted by atomic mass is 10.2. The van der Waals surface area contributed by atoms with Crippen molar-refractivity contribution in [1.29, 1.82) is 0 Å². The zero-order valence-electron chi connectivity index (χ0n) is 14.0. The average Bonchev–Trinajstić information content (AvgIpc) is 2.57. The maximum Gasteiger partial charge on any atom is 0.340 e. The van der Waals surface area contributed by atoms with Crippen molar-refractivity contribution in [1.82, 2.24) is 0 Å². The number of nitrogens with two attached hydrogens (primary N) is 1. The van der Waals surface area contributed by atoms with E-state index in [1.54, 1.807) is 36.4 Å². The summed E-state index contributed by atoms with van der Waals surface area (Å²) in [6.45, 7) is -0.312. The molecule has 0 aliphatic rings. The first-order chi connectivity index (χ1) is 12.2. The van der Waals surface area contributed by atoms with Crippen molar-refractivity contribution in [2.24, 2.45) is 5.73 Å². The van der Waals surface area contributed by atoms with Crippen molar-refractivity contribution >= 4 is 27.6 Å². The van der Waals surface area contributed by atoms with Gasteiger partial charge >= 0.3 is 5.97 Å². The number of anilines is 1. The van der Waals surface area contributed by atoms with E-state index in [4.69, 9.17) is 15.2 Å². The molecule has 0 saturated carbocycles. The van der Waals surface area contributed by atoms with E-state index in [-0.39, 0.29) is 24.5 Å². The van der Waals surface area contributed by atoms with Crippen LogP contribution >= 0.6 is 0 Å². The first-order valence-corrected chi connectivity index (χ1v) is 9.38. The third-order valence-corrected chi connectivity index (χ3v) is 3.68. The van der Waals surface area contributed by atoms with Crippen molar-refractivity contribution in [3.63, 3.8) is 0 Å². The molecule has 1 amide bonds. The van der Waals surface area contributed by atoms with Gasteiger partial charge in [-0.05, 0) is 29.8 Å². The van der Waals surface area contributed by atoms with Gasteiger partial charge in [0.2, 0.25) is 10.0 Å². The summed E-state index contributed by atoms with van der Waals surface area (Å²) in [7, 11) is -3.53. The van der Waals surface area contributed by atoms with Crippen molar-refractivity contribution in [2.75, 3.05) is 17.6 Å². The molecule has 0 aliphatic carbocycles. The summed E-state index contributed by atoms with van der Waals surface area (Å²) < 4.78 is 35.5. The first-order valence-electron chi connectivity index (χ1n) is 7.48. The Balaban J connectivity index is 2.05. The van der Waals surface area contributed by atoms with Crippen LogP contribution < -0.4 is 15.2 Å². The van der Waals surface area contributed by atoms with Gasteiger partial charge in [-0.3, -0.25) is 9.52 Å². The van der Waals surface area contributed by atoms with Gasteiger partial charge in [0.15, 0.2) is 6.61 Å². The highest BCUT2D eigenvalue weighted by atomic mass is 32.2. The molecular weight excluding hydrogens is 360 g/mol. The zero-order valence-corrected chi connectivity index (χ0v) is 14.8. The monoisotopic (exact) mass is 378 g/mol. The Hall–Kier alpha value is -3.07.